The summed E-state index contributed by atoms with van der Waals surface area (Å²) in [5, 5.41) is 12.3. The minimum absolute atomic E-state index is 0.181. The van der Waals surface area contributed by atoms with Crippen molar-refractivity contribution in [1.82, 2.24) is 5.16 Å². The average molecular weight is 145 g/mol. The number of aliphatic hydroxyl groups excluding tert-OH is 1. The Balaban J connectivity index is 2.74. The third-order valence-corrected chi connectivity index (χ3v) is 1.12. The van der Waals surface area contributed by atoms with Crippen molar-refractivity contribution in [1.29, 1.82) is 0 Å². The Kier molecular flexibility index (Phi) is 2.01. The lowest BCUT2D eigenvalue weighted by molar-refractivity contribution is 0.110. The number of hydrogen-bond donors (Lipinski definition) is 1. The first kappa shape index (κ1) is 7.21. The van der Waals surface area contributed by atoms with Gasteiger partial charge in [-0.3, -0.25) is 0 Å². The zero-order chi connectivity index (χ0) is 7.56. The van der Waals surface area contributed by atoms with E-state index in [4.69, 9.17) is 5.11 Å². The second-order valence-corrected chi connectivity index (χ2v) is 2.04. The molecule has 0 spiro atoms. The van der Waals surface area contributed by atoms with Crippen LogP contribution in [0.1, 0.15) is 17.6 Å². The lowest BCUT2D eigenvalue weighted by Crippen LogP contribution is -1.96. The third-order valence-electron chi connectivity index (χ3n) is 1.12. The number of hydrogen-bond acceptors (Lipinski definition) is 3. The second-order valence-electron chi connectivity index (χ2n) is 2.04. The van der Waals surface area contributed by atoms with Crippen molar-refractivity contribution in [3.63, 3.8) is 0 Å². The Bertz CT molecular complexity index is 211. The fraction of sp³-hybridized carbons (Fsp3) is 0.500. The highest BCUT2D eigenvalue weighted by atomic mass is 19.1. The van der Waals surface area contributed by atoms with E-state index in [-0.39, 0.29) is 5.76 Å². The molecular formula is C6H8FNO2. The highest BCUT2D eigenvalue weighted by Gasteiger charge is 2.11. The van der Waals surface area contributed by atoms with Crippen molar-refractivity contribution in [2.24, 2.45) is 0 Å². The smallest absolute Gasteiger partial charge is 0.168 e. The van der Waals surface area contributed by atoms with Gasteiger partial charge in [-0.15, -0.1) is 0 Å². The van der Waals surface area contributed by atoms with E-state index in [1.54, 1.807) is 6.92 Å². The zero-order valence-corrected chi connectivity index (χ0v) is 5.54. The van der Waals surface area contributed by atoms with Gasteiger partial charge < -0.3 is 9.63 Å². The summed E-state index contributed by atoms with van der Waals surface area (Å²) in [6.07, 6.45) is -1.17. The van der Waals surface area contributed by atoms with Gasteiger partial charge in [0.2, 0.25) is 0 Å². The predicted molar refractivity (Wildman–Crippen MR) is 32.2 cm³/mol. The fourth-order valence-corrected chi connectivity index (χ4v) is 0.616. The lowest BCUT2D eigenvalue weighted by atomic mass is 10.3. The molecule has 0 fully saturated rings. The first-order valence-electron chi connectivity index (χ1n) is 2.91. The lowest BCUT2D eigenvalue weighted by Gasteiger charge is -1.96. The minimum Gasteiger partial charge on any atom is -0.382 e. The van der Waals surface area contributed by atoms with Gasteiger partial charge in [-0.25, -0.2) is 4.39 Å². The molecule has 0 radical (unpaired) electrons. The van der Waals surface area contributed by atoms with Gasteiger partial charge in [-0.1, -0.05) is 5.16 Å². The monoisotopic (exact) mass is 145 g/mol. The van der Waals surface area contributed by atoms with Crippen LogP contribution in [0.15, 0.2) is 10.6 Å². The van der Waals surface area contributed by atoms with Crippen molar-refractivity contribution in [2.75, 3.05) is 6.67 Å². The molecule has 1 rings (SSSR count). The Morgan fingerprint density at radius 3 is 3.00 bits per heavy atom. The van der Waals surface area contributed by atoms with E-state index in [0.29, 0.717) is 5.69 Å². The number of nitrogens with zero attached hydrogens (tertiary/aromatic N) is 1. The molecule has 0 aromatic carbocycles. The third kappa shape index (κ3) is 1.33. The summed E-state index contributed by atoms with van der Waals surface area (Å²) < 4.78 is 16.3. The number of rotatable bonds is 2. The normalized spacial score (nSPS) is 13.5. The number of aliphatic hydroxyl groups is 1. The van der Waals surface area contributed by atoms with Crippen LogP contribution in [0.5, 0.6) is 0 Å². The number of aryl methyl sites for hydroxylation is 1. The van der Waals surface area contributed by atoms with E-state index >= 15 is 0 Å². The molecule has 0 aliphatic rings. The fourth-order valence-electron chi connectivity index (χ4n) is 0.616. The molecule has 4 heteroatoms. The first-order chi connectivity index (χ1) is 4.74. The predicted octanol–water partition coefficient (Wildman–Crippen LogP) is 0.986. The van der Waals surface area contributed by atoms with Crippen LogP contribution in [-0.2, 0) is 0 Å². The summed E-state index contributed by atoms with van der Waals surface area (Å²) in [5.74, 6) is 0.181. The molecule has 0 saturated carbocycles. The van der Waals surface area contributed by atoms with Crippen molar-refractivity contribution >= 4 is 0 Å². The zero-order valence-electron chi connectivity index (χ0n) is 5.54. The van der Waals surface area contributed by atoms with E-state index in [1.165, 1.54) is 6.07 Å². The van der Waals surface area contributed by atoms with Crippen LogP contribution >= 0.6 is 0 Å². The van der Waals surface area contributed by atoms with E-state index in [9.17, 15) is 4.39 Å². The quantitative estimate of drug-likeness (QED) is 0.674. The molecule has 0 bridgehead atoms. The molecule has 1 aromatic heterocycles. The summed E-state index contributed by atoms with van der Waals surface area (Å²) >= 11 is 0. The number of aromatic nitrogens is 1. The van der Waals surface area contributed by atoms with Crippen LogP contribution in [0.4, 0.5) is 4.39 Å². The summed E-state index contributed by atoms with van der Waals surface area (Å²) in [6.45, 7) is 0.868. The molecule has 56 valence electrons. The highest BCUT2D eigenvalue weighted by Crippen LogP contribution is 2.13. The van der Waals surface area contributed by atoms with Crippen molar-refractivity contribution < 1.29 is 14.0 Å². The Hall–Kier alpha value is -0.900. The molecule has 1 atom stereocenters. The van der Waals surface area contributed by atoms with E-state index < -0.39 is 12.8 Å². The van der Waals surface area contributed by atoms with Crippen LogP contribution in [0.2, 0.25) is 0 Å². The average Bonchev–Trinajstić information content (AvgIpc) is 2.34. The van der Waals surface area contributed by atoms with Gasteiger partial charge in [0.1, 0.15) is 12.8 Å². The Labute approximate surface area is 57.5 Å². The van der Waals surface area contributed by atoms with Gasteiger partial charge in [0.25, 0.3) is 0 Å². The molecule has 1 heterocycles. The second kappa shape index (κ2) is 2.79. The number of halogens is 1. The van der Waals surface area contributed by atoms with Crippen LogP contribution in [0, 0.1) is 6.92 Å². The molecule has 0 aliphatic heterocycles. The number of alkyl halides is 1. The summed E-state index contributed by atoms with van der Waals surface area (Å²) in [6, 6.07) is 1.50. The van der Waals surface area contributed by atoms with Crippen molar-refractivity contribution in [3.05, 3.63) is 17.5 Å². The van der Waals surface area contributed by atoms with Gasteiger partial charge in [0.15, 0.2) is 5.76 Å². The van der Waals surface area contributed by atoms with Crippen LogP contribution in [0.3, 0.4) is 0 Å². The maximum atomic E-state index is 11.7. The van der Waals surface area contributed by atoms with E-state index in [1.807, 2.05) is 0 Å². The van der Waals surface area contributed by atoms with E-state index in [2.05, 4.69) is 9.68 Å². The van der Waals surface area contributed by atoms with Crippen LogP contribution in [-0.4, -0.2) is 16.9 Å². The molecule has 10 heavy (non-hydrogen) atoms. The van der Waals surface area contributed by atoms with Gasteiger partial charge >= 0.3 is 0 Å². The van der Waals surface area contributed by atoms with Gasteiger partial charge in [0, 0.05) is 6.07 Å². The van der Waals surface area contributed by atoms with Crippen LogP contribution in [0.25, 0.3) is 0 Å². The largest absolute Gasteiger partial charge is 0.382 e. The van der Waals surface area contributed by atoms with Crippen molar-refractivity contribution in [3.8, 4) is 0 Å². The summed E-state index contributed by atoms with van der Waals surface area (Å²) in [5.41, 5.74) is 0.641. The molecule has 0 saturated heterocycles. The van der Waals surface area contributed by atoms with Crippen LogP contribution < -0.4 is 0 Å². The molecule has 0 aliphatic carbocycles. The Morgan fingerprint density at radius 2 is 2.60 bits per heavy atom. The van der Waals surface area contributed by atoms with Gasteiger partial charge in [0.05, 0.1) is 5.69 Å². The first-order valence-corrected chi connectivity index (χ1v) is 2.91. The Morgan fingerprint density at radius 1 is 1.90 bits per heavy atom. The molecule has 0 amide bonds. The summed E-state index contributed by atoms with van der Waals surface area (Å²) in [7, 11) is 0. The molecule has 1 aromatic rings. The highest BCUT2D eigenvalue weighted by molar-refractivity contribution is 5.05. The molecule has 3 nitrogen and oxygen atoms in total. The van der Waals surface area contributed by atoms with Crippen molar-refractivity contribution in [2.45, 2.75) is 13.0 Å². The SMILES string of the molecule is Cc1cc(C(O)CF)on1. The molecule has 1 unspecified atom stereocenters. The minimum atomic E-state index is -1.17. The molecular weight excluding hydrogens is 137 g/mol. The molecule has 1 N–H and O–H groups in total. The maximum absolute atomic E-state index is 11.7. The maximum Gasteiger partial charge on any atom is 0.168 e. The van der Waals surface area contributed by atoms with E-state index in [0.717, 1.165) is 0 Å². The van der Waals surface area contributed by atoms with Gasteiger partial charge in [-0.2, -0.15) is 0 Å². The standard InChI is InChI=1S/C6H8FNO2/c1-4-2-6(10-8-4)5(9)3-7/h2,5,9H,3H2,1H3. The van der Waals surface area contributed by atoms with Gasteiger partial charge in [-0.05, 0) is 6.92 Å². The summed E-state index contributed by atoms with van der Waals surface area (Å²) in [4.78, 5) is 0. The topological polar surface area (TPSA) is 46.3 Å².